The van der Waals surface area contributed by atoms with Gasteiger partial charge in [-0.1, -0.05) is 60.7 Å². The topological polar surface area (TPSA) is 102 Å². The van der Waals surface area contributed by atoms with E-state index in [0.717, 1.165) is 93.8 Å². The van der Waals surface area contributed by atoms with Crippen LogP contribution in [0, 0.1) is 5.92 Å². The number of rotatable bonds is 11. The predicted molar refractivity (Wildman–Crippen MR) is 215 cm³/mol. The molecule has 0 aliphatic carbocycles. The second-order valence-corrected chi connectivity index (χ2v) is 15.6. The Hall–Kier alpha value is -5.41. The Morgan fingerprint density at radius 2 is 1.56 bits per heavy atom. The number of ether oxygens (including phenoxy) is 1. The molecule has 4 aliphatic rings. The molecule has 284 valence electrons. The lowest BCUT2D eigenvalue weighted by atomic mass is 9.94. The number of nitrogens with zero attached hydrogens (tertiary/aromatic N) is 3. The minimum absolute atomic E-state index is 0.123. The Balaban J connectivity index is 0.787. The van der Waals surface area contributed by atoms with E-state index in [0.29, 0.717) is 30.2 Å². The second kappa shape index (κ2) is 16.5. The quantitative estimate of drug-likeness (QED) is 0.125. The number of allylic oxidation sites excluding steroid dienone is 1. The average molecular weight is 739 g/mol. The Kier molecular flexibility index (Phi) is 11.0. The summed E-state index contributed by atoms with van der Waals surface area (Å²) >= 11 is 0. The first-order valence-corrected chi connectivity index (χ1v) is 19.9. The van der Waals surface area contributed by atoms with Gasteiger partial charge in [0, 0.05) is 56.9 Å². The monoisotopic (exact) mass is 738 g/mol. The van der Waals surface area contributed by atoms with Crippen molar-refractivity contribution < 1.29 is 24.2 Å². The van der Waals surface area contributed by atoms with Crippen LogP contribution in [0.1, 0.15) is 77.6 Å². The van der Waals surface area contributed by atoms with Crippen LogP contribution in [0.15, 0.2) is 97.1 Å². The molecule has 1 atom stereocenters. The number of phenolic OH excluding ortho intramolecular Hbond substituents is 1. The Morgan fingerprint density at radius 3 is 2.29 bits per heavy atom. The molecule has 9 heteroatoms. The summed E-state index contributed by atoms with van der Waals surface area (Å²) in [5, 5.41) is 12.0. The molecule has 3 saturated heterocycles. The zero-order valence-electron chi connectivity index (χ0n) is 31.4. The molecular formula is C46H50N4O5. The maximum absolute atomic E-state index is 13.1. The van der Waals surface area contributed by atoms with Gasteiger partial charge in [-0.05, 0) is 121 Å². The first-order chi connectivity index (χ1) is 26.8. The zero-order chi connectivity index (χ0) is 37.7. The van der Waals surface area contributed by atoms with Crippen LogP contribution in [-0.2, 0) is 22.6 Å². The number of amides is 3. The highest BCUT2D eigenvalue weighted by atomic mass is 16.5. The van der Waals surface area contributed by atoms with E-state index >= 15 is 0 Å². The lowest BCUT2D eigenvalue weighted by molar-refractivity contribution is -0.136. The van der Waals surface area contributed by atoms with Gasteiger partial charge < -0.3 is 24.5 Å². The number of hydrogen-bond donors (Lipinski definition) is 2. The number of fused-ring (bicyclic) bond motifs is 1. The summed E-state index contributed by atoms with van der Waals surface area (Å²) < 4.78 is 6.47. The van der Waals surface area contributed by atoms with Gasteiger partial charge in [0.05, 0.1) is 0 Å². The van der Waals surface area contributed by atoms with E-state index in [1.165, 1.54) is 16.7 Å². The number of aryl methyl sites for hydroxylation is 1. The standard InChI is InChI=1S/C46H50N4O5/c51-39-13-7-32(8-14-39)6-11-36(35-4-2-1-3-5-35)28-33-9-15-40(16-10-33)55-41-22-24-48(25-23-41)30-34-20-26-49(27-21-34)38-12-17-42-37(29-38)31-50(46(42)54)43-18-19-44(52)47-45(43)53/h1-5,7-10,12-17,28-29,34,41,43,51H,6,11,18-27,30-31H2,(H,47,52,53)/b36-28-. The summed E-state index contributed by atoms with van der Waals surface area (Å²) in [5.74, 6) is 1.12. The highest BCUT2D eigenvalue weighted by molar-refractivity contribution is 6.05. The molecule has 0 saturated carbocycles. The molecule has 3 fully saturated rings. The van der Waals surface area contributed by atoms with Crippen molar-refractivity contribution in [2.75, 3.05) is 37.6 Å². The fourth-order valence-electron chi connectivity index (χ4n) is 8.64. The number of carbonyl (C=O) groups excluding carboxylic acids is 3. The first-order valence-electron chi connectivity index (χ1n) is 19.9. The smallest absolute Gasteiger partial charge is 0.255 e. The number of benzene rings is 4. The highest BCUT2D eigenvalue weighted by Gasteiger charge is 2.39. The number of phenols is 1. The van der Waals surface area contributed by atoms with Crippen molar-refractivity contribution in [3.63, 3.8) is 0 Å². The largest absolute Gasteiger partial charge is 0.508 e. The average Bonchev–Trinajstić information content (AvgIpc) is 3.54. The number of nitrogens with one attached hydrogen (secondary N) is 1. The molecule has 1 unspecified atom stereocenters. The molecule has 4 aliphatic heterocycles. The molecule has 8 rings (SSSR count). The lowest BCUT2D eigenvalue weighted by Gasteiger charge is -2.38. The molecular weight excluding hydrogens is 689 g/mol. The van der Waals surface area contributed by atoms with E-state index in [4.69, 9.17) is 4.74 Å². The summed E-state index contributed by atoms with van der Waals surface area (Å²) in [6.45, 7) is 5.62. The molecule has 0 spiro atoms. The number of anilines is 1. The van der Waals surface area contributed by atoms with Gasteiger partial charge in [-0.25, -0.2) is 0 Å². The van der Waals surface area contributed by atoms with Crippen LogP contribution in [0.2, 0.25) is 0 Å². The van der Waals surface area contributed by atoms with E-state index in [2.05, 4.69) is 75.8 Å². The molecule has 0 bridgehead atoms. The lowest BCUT2D eigenvalue weighted by Crippen LogP contribution is -2.52. The number of likely N-dealkylation sites (tertiary alicyclic amines) is 1. The summed E-state index contributed by atoms with van der Waals surface area (Å²) in [5.41, 5.74) is 7.62. The van der Waals surface area contributed by atoms with Crippen LogP contribution in [0.25, 0.3) is 11.6 Å². The van der Waals surface area contributed by atoms with Crippen molar-refractivity contribution in [2.24, 2.45) is 5.92 Å². The number of aromatic hydroxyl groups is 1. The SMILES string of the molecule is O=C1CCC(N2Cc3cc(N4CCC(CN5CCC(Oc6ccc(/C=C(/CCc7ccc(O)cc7)c7ccccc7)cc6)CC5)CC4)ccc3C2=O)C(=O)N1. The summed E-state index contributed by atoms with van der Waals surface area (Å²) in [4.78, 5) is 43.8. The third-order valence-electron chi connectivity index (χ3n) is 11.8. The number of piperidine rings is 3. The van der Waals surface area contributed by atoms with Crippen molar-refractivity contribution in [2.45, 2.75) is 70.1 Å². The molecule has 3 amide bonds. The molecule has 55 heavy (non-hydrogen) atoms. The van der Waals surface area contributed by atoms with Gasteiger partial charge in [0.25, 0.3) is 5.91 Å². The second-order valence-electron chi connectivity index (χ2n) is 15.6. The molecule has 4 aromatic rings. The van der Waals surface area contributed by atoms with Crippen LogP contribution in [-0.4, -0.2) is 77.5 Å². The minimum Gasteiger partial charge on any atom is -0.508 e. The third-order valence-corrected chi connectivity index (χ3v) is 11.8. The van der Waals surface area contributed by atoms with E-state index < -0.39 is 6.04 Å². The van der Waals surface area contributed by atoms with Gasteiger partial charge in [-0.15, -0.1) is 0 Å². The van der Waals surface area contributed by atoms with Gasteiger partial charge in [0.1, 0.15) is 23.6 Å². The molecule has 4 aromatic carbocycles. The van der Waals surface area contributed by atoms with E-state index in [9.17, 15) is 19.5 Å². The maximum Gasteiger partial charge on any atom is 0.255 e. The fourth-order valence-corrected chi connectivity index (χ4v) is 8.64. The van der Waals surface area contributed by atoms with Gasteiger partial charge in [0.15, 0.2) is 0 Å². The Bertz CT molecular complexity index is 2010. The zero-order valence-corrected chi connectivity index (χ0v) is 31.4. The summed E-state index contributed by atoms with van der Waals surface area (Å²) in [6.07, 6.45) is 9.27. The predicted octanol–water partition coefficient (Wildman–Crippen LogP) is 7.09. The van der Waals surface area contributed by atoms with Gasteiger partial charge >= 0.3 is 0 Å². The van der Waals surface area contributed by atoms with Crippen LogP contribution < -0.4 is 15.0 Å². The Morgan fingerprint density at radius 1 is 0.818 bits per heavy atom. The van der Waals surface area contributed by atoms with Gasteiger partial charge in [-0.2, -0.15) is 0 Å². The van der Waals surface area contributed by atoms with Crippen molar-refractivity contribution >= 4 is 35.1 Å². The minimum atomic E-state index is -0.586. The first kappa shape index (κ1) is 36.6. The van der Waals surface area contributed by atoms with E-state index in [1.54, 1.807) is 17.0 Å². The Labute approximate surface area is 323 Å². The van der Waals surface area contributed by atoms with Crippen LogP contribution in [0.3, 0.4) is 0 Å². The fraction of sp³-hybridized carbons (Fsp3) is 0.370. The van der Waals surface area contributed by atoms with Gasteiger partial charge in [0.2, 0.25) is 11.8 Å². The maximum atomic E-state index is 13.1. The van der Waals surface area contributed by atoms with E-state index in [1.807, 2.05) is 30.3 Å². The summed E-state index contributed by atoms with van der Waals surface area (Å²) in [6, 6.07) is 32.0. The highest BCUT2D eigenvalue weighted by Crippen LogP contribution is 2.33. The third kappa shape index (κ3) is 8.78. The van der Waals surface area contributed by atoms with E-state index in [-0.39, 0.29) is 30.2 Å². The summed E-state index contributed by atoms with van der Waals surface area (Å²) in [7, 11) is 0. The number of carbonyl (C=O) groups is 3. The molecule has 0 radical (unpaired) electrons. The van der Waals surface area contributed by atoms with Crippen LogP contribution >= 0.6 is 0 Å². The molecule has 4 heterocycles. The van der Waals surface area contributed by atoms with Crippen molar-refractivity contribution in [3.05, 3.63) is 125 Å². The number of imide groups is 1. The van der Waals surface area contributed by atoms with Crippen LogP contribution in [0.5, 0.6) is 11.5 Å². The van der Waals surface area contributed by atoms with Gasteiger partial charge in [-0.3, -0.25) is 19.7 Å². The van der Waals surface area contributed by atoms with Crippen LogP contribution in [0.4, 0.5) is 5.69 Å². The molecule has 2 N–H and O–H groups in total. The van der Waals surface area contributed by atoms with Crippen molar-refractivity contribution in [1.82, 2.24) is 15.1 Å². The molecule has 0 aromatic heterocycles. The number of hydrogen-bond acceptors (Lipinski definition) is 7. The van der Waals surface area contributed by atoms with Crippen molar-refractivity contribution in [1.29, 1.82) is 0 Å². The van der Waals surface area contributed by atoms with Crippen molar-refractivity contribution in [3.8, 4) is 11.5 Å². The normalized spacial score (nSPS) is 20.1. The molecule has 9 nitrogen and oxygen atoms in total.